The quantitative estimate of drug-likeness (QED) is 0.528. The predicted octanol–water partition coefficient (Wildman–Crippen LogP) is 1.86. The minimum atomic E-state index is -0.502. The second-order valence-corrected chi connectivity index (χ2v) is 9.36. The topological polar surface area (TPSA) is 119 Å². The number of nitrogens with two attached hydrogens (primary N) is 1. The molecule has 0 aliphatic carbocycles. The molecule has 0 bridgehead atoms. The van der Waals surface area contributed by atoms with E-state index in [9.17, 15) is 15.0 Å². The van der Waals surface area contributed by atoms with Crippen molar-refractivity contribution >= 4 is 31.3 Å². The molecule has 27 heavy (non-hydrogen) atoms. The van der Waals surface area contributed by atoms with Gasteiger partial charge in [0.25, 0.3) is 0 Å². The van der Waals surface area contributed by atoms with E-state index in [0.717, 1.165) is 4.44 Å². The number of hydrogen-bond acceptors (Lipinski definition) is 6. The Bertz CT molecular complexity index is 1010. The number of aromatic nitrogens is 2. The van der Waals surface area contributed by atoms with Crippen molar-refractivity contribution in [2.45, 2.75) is 39.4 Å². The van der Waals surface area contributed by atoms with Gasteiger partial charge >= 0.3 is 162 Å². The number of aliphatic hydroxyl groups is 2. The fraction of sp³-hybridized carbons (Fsp3) is 0.316. The van der Waals surface area contributed by atoms with E-state index in [4.69, 9.17) is 10.5 Å². The Morgan fingerprint density at radius 2 is 1.81 bits per heavy atom. The van der Waals surface area contributed by atoms with Crippen LogP contribution < -0.4 is 10.5 Å². The molecular formula is C19H21N3O4Se. The molecule has 8 heteroatoms. The van der Waals surface area contributed by atoms with Gasteiger partial charge in [0.15, 0.2) is 0 Å². The van der Waals surface area contributed by atoms with E-state index in [0.29, 0.717) is 32.2 Å². The van der Waals surface area contributed by atoms with E-state index in [1.165, 1.54) is 6.33 Å². The van der Waals surface area contributed by atoms with E-state index in [1.54, 1.807) is 12.1 Å². The summed E-state index contributed by atoms with van der Waals surface area (Å²) in [5.74, 6) is 0.178. The van der Waals surface area contributed by atoms with Crippen LogP contribution in [0.3, 0.4) is 0 Å². The zero-order chi connectivity index (χ0) is 19.8. The van der Waals surface area contributed by atoms with E-state index in [-0.39, 0.29) is 39.0 Å². The molecule has 3 rings (SSSR count). The third-order valence-corrected chi connectivity index (χ3v) is 7.39. The fourth-order valence-electron chi connectivity index (χ4n) is 2.64. The summed E-state index contributed by atoms with van der Waals surface area (Å²) in [5.41, 5.74) is 7.19. The Hall–Kier alpha value is -2.25. The van der Waals surface area contributed by atoms with Crippen LogP contribution in [0.4, 0.5) is 0 Å². The van der Waals surface area contributed by atoms with Crippen molar-refractivity contribution in [1.29, 1.82) is 0 Å². The molecule has 3 aromatic rings. The Labute approximate surface area is 162 Å². The molecule has 0 radical (unpaired) electrons. The van der Waals surface area contributed by atoms with Gasteiger partial charge in [0.1, 0.15) is 0 Å². The number of benzene rings is 1. The number of rotatable bonds is 5. The first kappa shape index (κ1) is 19.5. The van der Waals surface area contributed by atoms with Crippen molar-refractivity contribution in [3.8, 4) is 11.6 Å². The van der Waals surface area contributed by atoms with Crippen molar-refractivity contribution < 1.29 is 19.7 Å². The van der Waals surface area contributed by atoms with Gasteiger partial charge in [-0.1, -0.05) is 0 Å². The van der Waals surface area contributed by atoms with Crippen LogP contribution in [-0.4, -0.2) is 40.6 Å². The maximum absolute atomic E-state index is 11.9. The number of primary amides is 1. The SMILES string of the molecule is CC(C)(C)c1cc(Oc2ncnc3cc(CO)c(CO)cc23)c(C(N)=O)[se]1. The van der Waals surface area contributed by atoms with Crippen LogP contribution in [0.2, 0.25) is 0 Å². The Kier molecular flexibility index (Phi) is 5.35. The van der Waals surface area contributed by atoms with Crippen LogP contribution in [0, 0.1) is 0 Å². The molecule has 4 N–H and O–H groups in total. The summed E-state index contributed by atoms with van der Waals surface area (Å²) in [6.45, 7) is 5.79. The standard InChI is InChI=1S/C19H21N3O4Se/c1-19(2,3)15-6-14(16(27-15)17(20)25)26-18-12-4-10(7-23)11(8-24)5-13(12)21-9-22-18/h4-6,9,23-24H,7-8H2,1-3H3,(H2,20,25). The molecule has 0 saturated carbocycles. The molecule has 7 nitrogen and oxygen atoms in total. The van der Waals surface area contributed by atoms with Crippen LogP contribution in [0.25, 0.3) is 10.9 Å². The van der Waals surface area contributed by atoms with Gasteiger partial charge in [-0.2, -0.15) is 0 Å². The van der Waals surface area contributed by atoms with Crippen LogP contribution in [0.15, 0.2) is 24.5 Å². The van der Waals surface area contributed by atoms with Crippen molar-refractivity contribution in [1.82, 2.24) is 9.97 Å². The molecule has 0 unspecified atom stereocenters. The number of fused-ring (bicyclic) bond motifs is 1. The zero-order valence-electron chi connectivity index (χ0n) is 15.3. The molecule has 1 aromatic carbocycles. The van der Waals surface area contributed by atoms with Gasteiger partial charge < -0.3 is 0 Å². The van der Waals surface area contributed by atoms with E-state index in [1.807, 2.05) is 6.07 Å². The normalized spacial score (nSPS) is 11.7. The predicted molar refractivity (Wildman–Crippen MR) is 102 cm³/mol. The monoisotopic (exact) mass is 435 g/mol. The van der Waals surface area contributed by atoms with Gasteiger partial charge in [0, 0.05) is 0 Å². The second kappa shape index (κ2) is 7.40. The van der Waals surface area contributed by atoms with E-state index >= 15 is 0 Å². The number of aliphatic hydroxyl groups excluding tert-OH is 2. The first-order chi connectivity index (χ1) is 12.7. The third-order valence-electron chi connectivity index (χ3n) is 4.13. The molecule has 0 atom stereocenters. The Balaban J connectivity index is 2.12. The molecule has 2 heterocycles. The molecule has 142 valence electrons. The average molecular weight is 434 g/mol. The van der Waals surface area contributed by atoms with Gasteiger partial charge in [0.05, 0.1) is 0 Å². The molecule has 0 spiro atoms. The summed E-state index contributed by atoms with van der Waals surface area (Å²) in [4.78, 5) is 20.3. The molecule has 0 fully saturated rings. The molecule has 1 amide bonds. The van der Waals surface area contributed by atoms with Crippen molar-refractivity contribution in [3.05, 3.63) is 44.5 Å². The Morgan fingerprint density at radius 1 is 1.15 bits per heavy atom. The summed E-state index contributed by atoms with van der Waals surface area (Å²) in [6, 6.07) is 5.24. The average Bonchev–Trinajstić information content (AvgIpc) is 3.05. The number of ether oxygens (including phenoxy) is 1. The summed E-state index contributed by atoms with van der Waals surface area (Å²) >= 11 is -0.206. The van der Waals surface area contributed by atoms with Gasteiger partial charge in [-0.15, -0.1) is 0 Å². The van der Waals surface area contributed by atoms with E-state index in [2.05, 4.69) is 30.7 Å². The summed E-state index contributed by atoms with van der Waals surface area (Å²) in [5, 5.41) is 19.6. The summed E-state index contributed by atoms with van der Waals surface area (Å²) in [7, 11) is 0. The summed E-state index contributed by atoms with van der Waals surface area (Å²) in [6.07, 6.45) is 1.36. The van der Waals surface area contributed by atoms with Crippen LogP contribution >= 0.6 is 0 Å². The zero-order valence-corrected chi connectivity index (χ0v) is 17.0. The van der Waals surface area contributed by atoms with Gasteiger partial charge in [-0.25, -0.2) is 0 Å². The number of carbonyl (C=O) groups excluding carboxylic acids is 1. The van der Waals surface area contributed by atoms with Gasteiger partial charge in [-0.05, 0) is 0 Å². The minimum absolute atomic E-state index is 0.0976. The Morgan fingerprint density at radius 3 is 2.41 bits per heavy atom. The molecule has 0 saturated heterocycles. The van der Waals surface area contributed by atoms with Crippen LogP contribution in [-0.2, 0) is 18.6 Å². The second-order valence-electron chi connectivity index (χ2n) is 7.15. The number of nitrogens with zero attached hydrogens (tertiary/aromatic N) is 2. The molecule has 0 aliphatic heterocycles. The van der Waals surface area contributed by atoms with Gasteiger partial charge in [-0.3, -0.25) is 0 Å². The number of amides is 1. The number of carbonyl (C=O) groups is 1. The maximum atomic E-state index is 11.9. The van der Waals surface area contributed by atoms with Crippen LogP contribution in [0.5, 0.6) is 11.6 Å². The third kappa shape index (κ3) is 3.89. The van der Waals surface area contributed by atoms with Gasteiger partial charge in [0.2, 0.25) is 0 Å². The van der Waals surface area contributed by atoms with Crippen molar-refractivity contribution in [2.24, 2.45) is 5.73 Å². The van der Waals surface area contributed by atoms with Crippen molar-refractivity contribution in [2.75, 3.05) is 0 Å². The first-order valence-corrected chi connectivity index (χ1v) is 10.1. The molecular weight excluding hydrogens is 413 g/mol. The van der Waals surface area contributed by atoms with Crippen LogP contribution in [0.1, 0.15) is 45.6 Å². The number of hydrogen-bond donors (Lipinski definition) is 3. The van der Waals surface area contributed by atoms with E-state index < -0.39 is 5.91 Å². The van der Waals surface area contributed by atoms with Crippen molar-refractivity contribution in [3.63, 3.8) is 0 Å². The fourth-order valence-corrected chi connectivity index (χ4v) is 4.72. The molecule has 0 aliphatic rings. The first-order valence-electron chi connectivity index (χ1n) is 8.34. The molecule has 2 aromatic heterocycles. The summed E-state index contributed by atoms with van der Waals surface area (Å²) < 4.78 is 7.56.